The highest BCUT2D eigenvalue weighted by Crippen LogP contribution is 2.15. The number of hydrogen-bond donors (Lipinski definition) is 4. The standard InChI is InChI=1S/C9H20BrN5/c1-6-13-4-7(9(11)15-12)2-3-8(10)5-14-6/h5-9,13,15H,2-4,11-12H2,1H3/b14-5-. The first-order valence-corrected chi connectivity index (χ1v) is 6.17. The maximum absolute atomic E-state index is 5.88. The molecule has 0 radical (unpaired) electrons. The van der Waals surface area contributed by atoms with Crippen LogP contribution in [0.25, 0.3) is 0 Å². The van der Waals surface area contributed by atoms with E-state index >= 15 is 0 Å². The number of rotatable bonds is 2. The summed E-state index contributed by atoms with van der Waals surface area (Å²) in [5, 5.41) is 3.32. The minimum atomic E-state index is -0.164. The van der Waals surface area contributed by atoms with Gasteiger partial charge in [-0.1, -0.05) is 15.9 Å². The number of nitrogens with two attached hydrogens (primary N) is 2. The zero-order valence-corrected chi connectivity index (χ0v) is 10.6. The van der Waals surface area contributed by atoms with Crippen molar-refractivity contribution in [1.82, 2.24) is 10.7 Å². The van der Waals surface area contributed by atoms with E-state index in [1.807, 2.05) is 13.1 Å². The number of hydrazine groups is 1. The van der Waals surface area contributed by atoms with Crippen LogP contribution >= 0.6 is 15.9 Å². The molecule has 4 atom stereocenters. The van der Waals surface area contributed by atoms with Gasteiger partial charge < -0.3 is 5.73 Å². The van der Waals surface area contributed by atoms with Gasteiger partial charge in [-0.05, 0) is 19.8 Å². The van der Waals surface area contributed by atoms with Gasteiger partial charge >= 0.3 is 0 Å². The van der Waals surface area contributed by atoms with Gasteiger partial charge in [0.2, 0.25) is 0 Å². The Hall–Kier alpha value is -0.0100. The van der Waals surface area contributed by atoms with Gasteiger partial charge in [0.05, 0.1) is 12.3 Å². The molecule has 0 aromatic rings. The lowest BCUT2D eigenvalue weighted by Gasteiger charge is -2.24. The van der Waals surface area contributed by atoms with E-state index in [9.17, 15) is 0 Å². The average molecular weight is 278 g/mol. The van der Waals surface area contributed by atoms with Gasteiger partial charge in [-0.15, -0.1) is 0 Å². The molecule has 0 amide bonds. The molecule has 15 heavy (non-hydrogen) atoms. The molecule has 0 bridgehead atoms. The predicted molar refractivity (Wildman–Crippen MR) is 66.7 cm³/mol. The van der Waals surface area contributed by atoms with Gasteiger partial charge in [0.15, 0.2) is 0 Å². The van der Waals surface area contributed by atoms with Crippen molar-refractivity contribution >= 4 is 22.1 Å². The summed E-state index contributed by atoms with van der Waals surface area (Å²) >= 11 is 3.56. The molecule has 1 heterocycles. The molecule has 0 aromatic carbocycles. The van der Waals surface area contributed by atoms with Crippen LogP contribution in [0.4, 0.5) is 0 Å². The average Bonchev–Trinajstić information content (AvgIpc) is 2.31. The summed E-state index contributed by atoms with van der Waals surface area (Å²) in [7, 11) is 0. The fourth-order valence-corrected chi connectivity index (χ4v) is 1.99. The Morgan fingerprint density at radius 1 is 1.60 bits per heavy atom. The normalized spacial score (nSPS) is 37.5. The van der Waals surface area contributed by atoms with Crippen molar-refractivity contribution in [3.8, 4) is 0 Å². The zero-order chi connectivity index (χ0) is 11.3. The van der Waals surface area contributed by atoms with Crippen molar-refractivity contribution in [2.45, 2.75) is 36.9 Å². The van der Waals surface area contributed by atoms with Gasteiger partial charge in [-0.2, -0.15) is 0 Å². The van der Waals surface area contributed by atoms with Crippen LogP contribution in [-0.4, -0.2) is 29.9 Å². The maximum Gasteiger partial charge on any atom is 0.0962 e. The minimum Gasteiger partial charge on any atom is -0.315 e. The topological polar surface area (TPSA) is 88.5 Å². The van der Waals surface area contributed by atoms with Crippen molar-refractivity contribution in [1.29, 1.82) is 0 Å². The molecule has 0 aromatic heterocycles. The molecule has 0 fully saturated rings. The highest BCUT2D eigenvalue weighted by molar-refractivity contribution is 9.09. The summed E-state index contributed by atoms with van der Waals surface area (Å²) in [6.45, 7) is 2.86. The van der Waals surface area contributed by atoms with E-state index in [4.69, 9.17) is 11.6 Å². The summed E-state index contributed by atoms with van der Waals surface area (Å²) in [6, 6.07) is 0. The van der Waals surface area contributed by atoms with Gasteiger partial charge in [0, 0.05) is 23.5 Å². The Morgan fingerprint density at radius 2 is 2.33 bits per heavy atom. The van der Waals surface area contributed by atoms with Gasteiger partial charge in [0.25, 0.3) is 0 Å². The molecule has 1 rings (SSSR count). The lowest BCUT2D eigenvalue weighted by atomic mass is 9.99. The highest BCUT2D eigenvalue weighted by Gasteiger charge is 2.19. The molecular formula is C9H20BrN5. The molecule has 1 aliphatic heterocycles. The van der Waals surface area contributed by atoms with Crippen molar-refractivity contribution < 1.29 is 0 Å². The van der Waals surface area contributed by atoms with Crippen LogP contribution in [0.3, 0.4) is 0 Å². The molecule has 0 saturated carbocycles. The SMILES string of the molecule is CC1/N=C\C(Br)CCC(C(N)NN)CN1. The number of halogens is 1. The van der Waals surface area contributed by atoms with Crippen molar-refractivity contribution in [2.75, 3.05) is 6.54 Å². The molecular weight excluding hydrogens is 258 g/mol. The fraction of sp³-hybridized carbons (Fsp3) is 0.889. The lowest BCUT2D eigenvalue weighted by Crippen LogP contribution is -2.51. The molecule has 5 nitrogen and oxygen atoms in total. The quantitative estimate of drug-likeness (QED) is 0.246. The van der Waals surface area contributed by atoms with E-state index in [0.717, 1.165) is 19.4 Å². The van der Waals surface area contributed by atoms with Gasteiger partial charge in [-0.3, -0.25) is 16.2 Å². The number of hydrogen-bond acceptors (Lipinski definition) is 5. The van der Waals surface area contributed by atoms with E-state index in [2.05, 4.69) is 31.7 Å². The summed E-state index contributed by atoms with van der Waals surface area (Å²) in [6.07, 6.45) is 3.96. The van der Waals surface area contributed by atoms with Crippen LogP contribution in [-0.2, 0) is 0 Å². The summed E-state index contributed by atoms with van der Waals surface area (Å²) in [4.78, 5) is 4.70. The molecule has 0 saturated heterocycles. The molecule has 88 valence electrons. The van der Waals surface area contributed by atoms with Crippen LogP contribution < -0.4 is 22.3 Å². The first kappa shape index (κ1) is 13.1. The van der Waals surface area contributed by atoms with Crippen LogP contribution in [0.2, 0.25) is 0 Å². The summed E-state index contributed by atoms with van der Waals surface area (Å²) in [5.41, 5.74) is 8.49. The van der Waals surface area contributed by atoms with Crippen molar-refractivity contribution in [2.24, 2.45) is 22.5 Å². The molecule has 6 heteroatoms. The third-order valence-corrected chi connectivity index (χ3v) is 3.35. The zero-order valence-electron chi connectivity index (χ0n) is 8.99. The summed E-state index contributed by atoms with van der Waals surface area (Å²) in [5.74, 6) is 5.69. The van der Waals surface area contributed by atoms with E-state index in [0.29, 0.717) is 10.7 Å². The van der Waals surface area contributed by atoms with E-state index in [1.165, 1.54) is 0 Å². The molecule has 6 N–H and O–H groups in total. The molecule has 4 unspecified atom stereocenters. The van der Waals surface area contributed by atoms with Crippen LogP contribution in [0.5, 0.6) is 0 Å². The molecule has 0 spiro atoms. The van der Waals surface area contributed by atoms with Crippen LogP contribution in [0.15, 0.2) is 4.99 Å². The second kappa shape index (κ2) is 6.55. The van der Waals surface area contributed by atoms with Gasteiger partial charge in [0.1, 0.15) is 0 Å². The summed E-state index contributed by atoms with van der Waals surface area (Å²) < 4.78 is 0. The highest BCUT2D eigenvalue weighted by atomic mass is 79.9. The Balaban J connectivity index is 2.55. The smallest absolute Gasteiger partial charge is 0.0962 e. The number of nitrogens with zero attached hydrogens (tertiary/aromatic N) is 1. The largest absolute Gasteiger partial charge is 0.315 e. The fourth-order valence-electron chi connectivity index (χ4n) is 1.59. The first-order chi connectivity index (χ1) is 7.13. The van der Waals surface area contributed by atoms with E-state index in [-0.39, 0.29) is 12.3 Å². The molecule has 0 aliphatic carbocycles. The molecule has 1 aliphatic rings. The van der Waals surface area contributed by atoms with Gasteiger partial charge in [-0.25, -0.2) is 5.43 Å². The van der Waals surface area contributed by atoms with Crippen molar-refractivity contribution in [3.63, 3.8) is 0 Å². The number of aliphatic imine (C=N–C) groups is 1. The minimum absolute atomic E-state index is 0.135. The van der Waals surface area contributed by atoms with E-state index in [1.54, 1.807) is 0 Å². The Labute approximate surface area is 99.2 Å². The number of alkyl halides is 1. The second-order valence-corrected chi connectivity index (χ2v) is 5.10. The Bertz CT molecular complexity index is 195. The monoisotopic (exact) mass is 277 g/mol. The third kappa shape index (κ3) is 4.56. The Morgan fingerprint density at radius 3 is 3.00 bits per heavy atom. The van der Waals surface area contributed by atoms with E-state index < -0.39 is 0 Å². The first-order valence-electron chi connectivity index (χ1n) is 5.26. The Kier molecular flexibility index (Phi) is 5.70. The van der Waals surface area contributed by atoms with Crippen LogP contribution in [0.1, 0.15) is 19.8 Å². The van der Waals surface area contributed by atoms with Crippen LogP contribution in [0, 0.1) is 5.92 Å². The van der Waals surface area contributed by atoms with Crippen molar-refractivity contribution in [3.05, 3.63) is 0 Å². The lowest BCUT2D eigenvalue weighted by molar-refractivity contribution is 0.319. The maximum atomic E-state index is 5.88. The number of nitrogens with one attached hydrogen (secondary N) is 2. The predicted octanol–water partition coefficient (Wildman–Crippen LogP) is -0.0856. The second-order valence-electron chi connectivity index (χ2n) is 3.93. The third-order valence-electron chi connectivity index (χ3n) is 2.66.